The normalized spacial score (nSPS) is 12.8. The van der Waals surface area contributed by atoms with Crippen LogP contribution < -0.4 is 10.6 Å². The van der Waals surface area contributed by atoms with Crippen LogP contribution in [0.25, 0.3) is 5.69 Å². The average Bonchev–Trinajstić information content (AvgIpc) is 3.32. The van der Waals surface area contributed by atoms with Gasteiger partial charge in [-0.1, -0.05) is 17.3 Å². The Balaban J connectivity index is 1.69. The molecular weight excluding hydrogens is 473 g/mol. The summed E-state index contributed by atoms with van der Waals surface area (Å²) in [6, 6.07) is 6.02. The quantitative estimate of drug-likeness (QED) is 0.177. The van der Waals surface area contributed by atoms with Crippen molar-refractivity contribution in [1.29, 1.82) is 0 Å². The Labute approximate surface area is 208 Å². The first-order valence-corrected chi connectivity index (χ1v) is 12.0. The van der Waals surface area contributed by atoms with Crippen molar-refractivity contribution in [2.24, 2.45) is 0 Å². The summed E-state index contributed by atoms with van der Waals surface area (Å²) < 4.78 is 14.0. The summed E-state index contributed by atoms with van der Waals surface area (Å²) in [6.45, 7) is 0.252. The SMILES string of the molecule is O=C(O)CC[C@H](NCC[C@@H](NCCCCc1ccc(-n2cc(CCCF)nn2)cc1)C(=O)O)C(=O)O. The standard InChI is InChI=1S/C24H34FN5O6/c25-13-3-5-18-16-30(29-28-18)19-8-6-17(7-9-19)4-1-2-14-26-21(24(35)36)12-15-27-20(23(33)34)10-11-22(31)32/h6-9,16,20-21,26-27H,1-5,10-15H2,(H,31,32)(H,33,34)(H,35,36)/t20-,21+/m0/s1. The van der Waals surface area contributed by atoms with Gasteiger partial charge in [-0.15, -0.1) is 5.10 Å². The molecule has 11 nitrogen and oxygen atoms in total. The van der Waals surface area contributed by atoms with Gasteiger partial charge < -0.3 is 26.0 Å². The minimum atomic E-state index is -1.16. The van der Waals surface area contributed by atoms with Crippen molar-refractivity contribution in [3.63, 3.8) is 0 Å². The van der Waals surface area contributed by atoms with Gasteiger partial charge >= 0.3 is 17.9 Å². The van der Waals surface area contributed by atoms with E-state index < -0.39 is 30.0 Å². The Hall–Kier alpha value is -3.38. The molecule has 2 atom stereocenters. The Kier molecular flexibility index (Phi) is 12.5. The van der Waals surface area contributed by atoms with Gasteiger partial charge in [0, 0.05) is 6.42 Å². The van der Waals surface area contributed by atoms with Crippen molar-refractivity contribution in [3.8, 4) is 5.69 Å². The molecule has 36 heavy (non-hydrogen) atoms. The predicted octanol–water partition coefficient (Wildman–Crippen LogP) is 1.83. The molecule has 2 aromatic rings. The van der Waals surface area contributed by atoms with Gasteiger partial charge in [0.05, 0.1) is 24.3 Å². The van der Waals surface area contributed by atoms with Crippen LogP contribution in [0, 0.1) is 0 Å². The number of nitrogens with one attached hydrogen (secondary N) is 2. The highest BCUT2D eigenvalue weighted by molar-refractivity contribution is 5.75. The maximum Gasteiger partial charge on any atom is 0.320 e. The molecule has 1 heterocycles. The van der Waals surface area contributed by atoms with E-state index in [9.17, 15) is 23.9 Å². The molecule has 0 amide bonds. The molecule has 0 bridgehead atoms. The first-order valence-electron chi connectivity index (χ1n) is 12.0. The molecule has 0 aliphatic carbocycles. The third-order valence-electron chi connectivity index (χ3n) is 5.66. The van der Waals surface area contributed by atoms with Crippen LogP contribution in [0.1, 0.15) is 49.8 Å². The summed E-state index contributed by atoms with van der Waals surface area (Å²) in [5, 5.41) is 41.1. The Morgan fingerprint density at radius 3 is 2.19 bits per heavy atom. The van der Waals surface area contributed by atoms with Gasteiger partial charge in [0.25, 0.3) is 0 Å². The molecule has 0 saturated carbocycles. The number of carboxylic acids is 3. The minimum Gasteiger partial charge on any atom is -0.481 e. The fourth-order valence-corrected chi connectivity index (χ4v) is 3.63. The molecule has 12 heteroatoms. The Bertz CT molecular complexity index is 968. The van der Waals surface area contributed by atoms with E-state index in [2.05, 4.69) is 20.9 Å². The van der Waals surface area contributed by atoms with Gasteiger partial charge in [0.2, 0.25) is 0 Å². The third kappa shape index (κ3) is 10.5. The first kappa shape index (κ1) is 28.9. The average molecular weight is 508 g/mol. The fraction of sp³-hybridized carbons (Fsp3) is 0.542. The number of aliphatic carboxylic acids is 3. The zero-order chi connectivity index (χ0) is 26.3. The molecule has 0 aliphatic heterocycles. The van der Waals surface area contributed by atoms with Crippen molar-refractivity contribution in [3.05, 3.63) is 41.7 Å². The summed E-state index contributed by atoms with van der Waals surface area (Å²) in [6.07, 6.45) is 5.03. The second kappa shape index (κ2) is 15.6. The largest absolute Gasteiger partial charge is 0.481 e. The summed E-state index contributed by atoms with van der Waals surface area (Å²) in [5.41, 5.74) is 2.75. The lowest BCUT2D eigenvalue weighted by molar-refractivity contribution is -0.141. The van der Waals surface area contributed by atoms with E-state index in [1.165, 1.54) is 0 Å². The molecule has 198 valence electrons. The first-order chi connectivity index (χ1) is 17.3. The van der Waals surface area contributed by atoms with E-state index in [1.807, 2.05) is 24.3 Å². The number of aryl methyl sites for hydroxylation is 2. The lowest BCUT2D eigenvalue weighted by Crippen LogP contribution is -2.43. The summed E-state index contributed by atoms with van der Waals surface area (Å²) >= 11 is 0. The van der Waals surface area contributed by atoms with Crippen LogP contribution in [0.5, 0.6) is 0 Å². The molecule has 0 unspecified atom stereocenters. The fourth-order valence-electron chi connectivity index (χ4n) is 3.63. The van der Waals surface area contributed by atoms with Gasteiger partial charge in [-0.25, -0.2) is 4.68 Å². The van der Waals surface area contributed by atoms with Crippen molar-refractivity contribution >= 4 is 17.9 Å². The summed E-state index contributed by atoms with van der Waals surface area (Å²) in [5.74, 6) is -3.27. The maximum absolute atomic E-state index is 12.3. The lowest BCUT2D eigenvalue weighted by Gasteiger charge is -2.17. The highest BCUT2D eigenvalue weighted by Gasteiger charge is 2.20. The lowest BCUT2D eigenvalue weighted by atomic mass is 10.1. The minimum absolute atomic E-state index is 0.0723. The number of nitrogens with zero attached hydrogens (tertiary/aromatic N) is 3. The number of benzene rings is 1. The van der Waals surface area contributed by atoms with E-state index in [-0.39, 0.29) is 32.5 Å². The molecule has 0 spiro atoms. The van der Waals surface area contributed by atoms with Gasteiger partial charge in [-0.05, 0) is 75.7 Å². The number of hydrogen-bond acceptors (Lipinski definition) is 7. The van der Waals surface area contributed by atoms with Crippen LogP contribution in [0.2, 0.25) is 0 Å². The van der Waals surface area contributed by atoms with Gasteiger partial charge in [0.15, 0.2) is 0 Å². The van der Waals surface area contributed by atoms with Gasteiger partial charge in [-0.3, -0.25) is 18.8 Å². The van der Waals surface area contributed by atoms with Crippen molar-refractivity contribution in [2.75, 3.05) is 19.8 Å². The molecule has 1 aromatic heterocycles. The van der Waals surface area contributed by atoms with Crippen LogP contribution in [0.15, 0.2) is 30.5 Å². The number of unbranched alkanes of at least 4 members (excludes halogenated alkanes) is 1. The monoisotopic (exact) mass is 507 g/mol. The molecule has 5 N–H and O–H groups in total. The van der Waals surface area contributed by atoms with Crippen LogP contribution in [-0.2, 0) is 27.2 Å². The number of aromatic nitrogens is 3. The van der Waals surface area contributed by atoms with Crippen LogP contribution >= 0.6 is 0 Å². The highest BCUT2D eigenvalue weighted by atomic mass is 19.1. The van der Waals surface area contributed by atoms with Crippen LogP contribution in [0.3, 0.4) is 0 Å². The zero-order valence-corrected chi connectivity index (χ0v) is 20.1. The molecule has 1 aromatic carbocycles. The highest BCUT2D eigenvalue weighted by Crippen LogP contribution is 2.12. The third-order valence-corrected chi connectivity index (χ3v) is 5.66. The second-order valence-corrected chi connectivity index (χ2v) is 8.48. The topological polar surface area (TPSA) is 167 Å². The molecular formula is C24H34FN5O6. The summed E-state index contributed by atoms with van der Waals surface area (Å²) in [7, 11) is 0. The van der Waals surface area contributed by atoms with Gasteiger partial charge in [0.1, 0.15) is 12.1 Å². The van der Waals surface area contributed by atoms with Crippen LogP contribution in [-0.4, -0.2) is 80.1 Å². The zero-order valence-electron chi connectivity index (χ0n) is 20.1. The van der Waals surface area contributed by atoms with Crippen molar-refractivity contribution in [2.45, 2.75) is 63.5 Å². The molecule has 2 rings (SSSR count). The predicted molar refractivity (Wildman–Crippen MR) is 129 cm³/mol. The van der Waals surface area contributed by atoms with Crippen LogP contribution in [0.4, 0.5) is 4.39 Å². The summed E-state index contributed by atoms with van der Waals surface area (Å²) in [4.78, 5) is 33.3. The molecule has 0 fully saturated rings. The van der Waals surface area contributed by atoms with E-state index in [4.69, 9.17) is 10.2 Å². The Morgan fingerprint density at radius 1 is 0.889 bits per heavy atom. The number of halogens is 1. The van der Waals surface area contributed by atoms with Crippen molar-refractivity contribution < 1.29 is 34.1 Å². The van der Waals surface area contributed by atoms with E-state index in [1.54, 1.807) is 10.9 Å². The van der Waals surface area contributed by atoms with Gasteiger partial charge in [-0.2, -0.15) is 0 Å². The van der Waals surface area contributed by atoms with E-state index in [0.29, 0.717) is 19.4 Å². The molecule has 0 radical (unpaired) electrons. The number of hydrogen-bond donors (Lipinski definition) is 5. The number of carbonyl (C=O) groups is 3. The molecule has 0 saturated heterocycles. The number of rotatable bonds is 19. The Morgan fingerprint density at radius 2 is 1.56 bits per heavy atom. The number of carboxylic acid groups (broad SMARTS) is 3. The van der Waals surface area contributed by atoms with E-state index >= 15 is 0 Å². The smallest absolute Gasteiger partial charge is 0.320 e. The second-order valence-electron chi connectivity index (χ2n) is 8.48. The van der Waals surface area contributed by atoms with Crippen molar-refractivity contribution in [1.82, 2.24) is 25.6 Å². The van der Waals surface area contributed by atoms with E-state index in [0.717, 1.165) is 36.2 Å². The maximum atomic E-state index is 12.3. The molecule has 0 aliphatic rings. The number of alkyl halides is 1.